The van der Waals surface area contributed by atoms with E-state index >= 15 is 0 Å². The number of anilines is 2. The van der Waals surface area contributed by atoms with Crippen LogP contribution in [0.2, 0.25) is 0 Å². The largest absolute Gasteiger partial charge is 0.283 e. The van der Waals surface area contributed by atoms with E-state index in [2.05, 4.69) is 6.92 Å². The number of carbonyl (C=O) groups is 2. The summed E-state index contributed by atoms with van der Waals surface area (Å²) in [5.74, 6) is 0.227. The lowest BCUT2D eigenvalue weighted by Gasteiger charge is -2.27. The summed E-state index contributed by atoms with van der Waals surface area (Å²) in [4.78, 5) is 26.6. The molecule has 132 valence electrons. The fourth-order valence-corrected chi connectivity index (χ4v) is 3.75. The summed E-state index contributed by atoms with van der Waals surface area (Å²) in [6, 6.07) is 18.8. The molecule has 4 heteroatoms. The lowest BCUT2D eigenvalue weighted by molar-refractivity contribution is -0.116. The maximum atomic E-state index is 13.3. The summed E-state index contributed by atoms with van der Waals surface area (Å²) in [5.41, 5.74) is 2.78. The summed E-state index contributed by atoms with van der Waals surface area (Å²) in [6.45, 7) is 2.23. The predicted molar refractivity (Wildman–Crippen MR) is 103 cm³/mol. The molecule has 1 saturated carbocycles. The Morgan fingerprint density at radius 2 is 1.15 bits per heavy atom. The maximum absolute atomic E-state index is 13.3. The van der Waals surface area contributed by atoms with E-state index in [-0.39, 0.29) is 11.8 Å². The molecule has 1 heterocycles. The smallest absolute Gasteiger partial charge is 0.267 e. The molecule has 1 aliphatic heterocycles. The Morgan fingerprint density at radius 1 is 0.731 bits per heavy atom. The average molecular weight is 346 g/mol. The summed E-state index contributed by atoms with van der Waals surface area (Å²) < 4.78 is 0. The highest BCUT2D eigenvalue weighted by atomic mass is 16.2. The van der Waals surface area contributed by atoms with Crippen LogP contribution in [0.4, 0.5) is 11.4 Å². The molecular weight excluding hydrogens is 324 g/mol. The van der Waals surface area contributed by atoms with E-state index in [9.17, 15) is 9.59 Å². The first-order chi connectivity index (χ1) is 12.7. The van der Waals surface area contributed by atoms with Crippen LogP contribution >= 0.6 is 0 Å². The Bertz CT molecular complexity index is 789. The number of nitrogens with zero attached hydrogens (tertiary/aromatic N) is 2. The molecule has 0 radical (unpaired) electrons. The third kappa shape index (κ3) is 2.81. The second-order valence-corrected chi connectivity index (χ2v) is 7.07. The molecule has 2 aliphatic rings. The molecule has 2 amide bonds. The molecule has 1 aliphatic carbocycles. The van der Waals surface area contributed by atoms with Crippen molar-refractivity contribution in [3.63, 3.8) is 0 Å². The van der Waals surface area contributed by atoms with Crippen molar-refractivity contribution in [3.8, 4) is 0 Å². The van der Waals surface area contributed by atoms with Crippen LogP contribution in [0.5, 0.6) is 0 Å². The minimum absolute atomic E-state index is 0.213. The number of hydrogen-bond acceptors (Lipinski definition) is 2. The lowest BCUT2D eigenvalue weighted by atomic mass is 9.84. The quantitative estimate of drug-likeness (QED) is 0.594. The van der Waals surface area contributed by atoms with Crippen LogP contribution in [-0.2, 0) is 9.59 Å². The van der Waals surface area contributed by atoms with Gasteiger partial charge in [0.05, 0.1) is 11.4 Å². The highest BCUT2D eigenvalue weighted by molar-refractivity contribution is 6.36. The predicted octanol–water partition coefficient (Wildman–Crippen LogP) is 4.49. The average Bonchev–Trinajstić information content (AvgIpc) is 2.94. The summed E-state index contributed by atoms with van der Waals surface area (Å²) >= 11 is 0. The molecule has 2 aromatic carbocycles. The maximum Gasteiger partial charge on any atom is 0.283 e. The van der Waals surface area contributed by atoms with E-state index in [1.165, 1.54) is 10.0 Å². The Labute approximate surface area is 153 Å². The number of rotatable bonds is 2. The van der Waals surface area contributed by atoms with Crippen molar-refractivity contribution in [3.05, 3.63) is 71.8 Å². The molecular formula is C22H22N2O2. The number of carbonyl (C=O) groups excluding carboxylic acids is 2. The Kier molecular flexibility index (Phi) is 4.33. The van der Waals surface area contributed by atoms with Gasteiger partial charge in [0.15, 0.2) is 0 Å². The lowest BCUT2D eigenvalue weighted by Crippen LogP contribution is -2.41. The van der Waals surface area contributed by atoms with Crippen molar-refractivity contribution in [2.75, 3.05) is 10.0 Å². The van der Waals surface area contributed by atoms with Crippen LogP contribution < -0.4 is 10.0 Å². The van der Waals surface area contributed by atoms with E-state index in [1.54, 1.807) is 0 Å². The number of hydrazine groups is 1. The molecule has 0 unspecified atom stereocenters. The third-order valence-corrected chi connectivity index (χ3v) is 5.25. The summed E-state index contributed by atoms with van der Waals surface area (Å²) in [5, 5.41) is 3.02. The molecule has 26 heavy (non-hydrogen) atoms. The molecule has 0 atom stereocenters. The molecule has 0 aromatic heterocycles. The van der Waals surface area contributed by atoms with Crippen molar-refractivity contribution in [1.29, 1.82) is 0 Å². The van der Waals surface area contributed by atoms with Crippen molar-refractivity contribution in [2.24, 2.45) is 5.92 Å². The van der Waals surface area contributed by atoms with Gasteiger partial charge in [-0.3, -0.25) is 9.59 Å². The number of benzene rings is 2. The molecule has 4 rings (SSSR count). The fourth-order valence-electron chi connectivity index (χ4n) is 3.75. The van der Waals surface area contributed by atoms with Gasteiger partial charge in [-0.25, -0.2) is 10.0 Å². The van der Waals surface area contributed by atoms with E-state index in [0.717, 1.165) is 31.3 Å². The van der Waals surface area contributed by atoms with Gasteiger partial charge in [-0.15, -0.1) is 0 Å². The highest BCUT2D eigenvalue weighted by Crippen LogP contribution is 2.37. The van der Waals surface area contributed by atoms with Gasteiger partial charge < -0.3 is 0 Å². The van der Waals surface area contributed by atoms with Gasteiger partial charge in [0, 0.05) is 0 Å². The molecule has 2 fully saturated rings. The second kappa shape index (κ2) is 6.79. The second-order valence-electron chi connectivity index (χ2n) is 7.07. The molecule has 0 spiro atoms. The van der Waals surface area contributed by atoms with Gasteiger partial charge in [0.25, 0.3) is 11.8 Å². The molecule has 1 saturated heterocycles. The van der Waals surface area contributed by atoms with Gasteiger partial charge in [-0.05, 0) is 55.9 Å². The van der Waals surface area contributed by atoms with E-state index in [4.69, 9.17) is 0 Å². The standard InChI is InChI=1S/C22H22N2O2/c1-16-12-14-17(15-13-16)20-21(25)23(18-8-4-2-5-9-18)24(22(20)26)19-10-6-3-7-11-19/h2-11,16H,12-15H2,1H3. The first-order valence-electron chi connectivity index (χ1n) is 9.17. The van der Waals surface area contributed by atoms with Crippen LogP contribution in [0.25, 0.3) is 0 Å². The normalized spacial score (nSPS) is 20.9. The third-order valence-electron chi connectivity index (χ3n) is 5.25. The van der Waals surface area contributed by atoms with E-state index in [0.29, 0.717) is 22.9 Å². The van der Waals surface area contributed by atoms with Gasteiger partial charge in [-0.1, -0.05) is 48.9 Å². The number of allylic oxidation sites excluding steroid dienone is 1. The highest BCUT2D eigenvalue weighted by Gasteiger charge is 2.44. The zero-order valence-corrected chi connectivity index (χ0v) is 14.9. The van der Waals surface area contributed by atoms with Gasteiger partial charge in [-0.2, -0.15) is 0 Å². The Balaban J connectivity index is 1.82. The van der Waals surface area contributed by atoms with Crippen molar-refractivity contribution < 1.29 is 9.59 Å². The molecule has 0 N–H and O–H groups in total. The SMILES string of the molecule is CC1CCC(=C2C(=O)N(c3ccccc3)N(c3ccccc3)C2=O)CC1. The van der Waals surface area contributed by atoms with Crippen LogP contribution in [-0.4, -0.2) is 11.8 Å². The van der Waals surface area contributed by atoms with E-state index < -0.39 is 0 Å². The first-order valence-corrected chi connectivity index (χ1v) is 9.17. The minimum atomic E-state index is -0.213. The first kappa shape index (κ1) is 16.6. The van der Waals surface area contributed by atoms with Crippen LogP contribution in [0.3, 0.4) is 0 Å². The fraction of sp³-hybridized carbons (Fsp3) is 0.273. The van der Waals surface area contributed by atoms with Crippen LogP contribution in [0.15, 0.2) is 71.8 Å². The monoisotopic (exact) mass is 346 g/mol. The Hall–Kier alpha value is -2.88. The number of hydrogen-bond donors (Lipinski definition) is 0. The minimum Gasteiger partial charge on any atom is -0.267 e. The van der Waals surface area contributed by atoms with Gasteiger partial charge in [0.2, 0.25) is 0 Å². The number of para-hydroxylation sites is 2. The van der Waals surface area contributed by atoms with Crippen molar-refractivity contribution in [1.82, 2.24) is 0 Å². The topological polar surface area (TPSA) is 40.6 Å². The van der Waals surface area contributed by atoms with Gasteiger partial charge >= 0.3 is 0 Å². The van der Waals surface area contributed by atoms with Gasteiger partial charge in [0.1, 0.15) is 5.57 Å². The zero-order chi connectivity index (χ0) is 18.1. The van der Waals surface area contributed by atoms with Crippen molar-refractivity contribution >= 4 is 23.2 Å². The van der Waals surface area contributed by atoms with Crippen LogP contribution in [0, 0.1) is 5.92 Å². The van der Waals surface area contributed by atoms with Crippen LogP contribution in [0.1, 0.15) is 32.6 Å². The molecule has 4 nitrogen and oxygen atoms in total. The molecule has 2 aromatic rings. The number of amides is 2. The van der Waals surface area contributed by atoms with Crippen molar-refractivity contribution in [2.45, 2.75) is 32.6 Å². The zero-order valence-electron chi connectivity index (χ0n) is 14.9. The Morgan fingerprint density at radius 3 is 1.58 bits per heavy atom. The van der Waals surface area contributed by atoms with E-state index in [1.807, 2.05) is 60.7 Å². The summed E-state index contributed by atoms with van der Waals surface area (Å²) in [6.07, 6.45) is 3.74. The molecule has 0 bridgehead atoms. The summed E-state index contributed by atoms with van der Waals surface area (Å²) in [7, 11) is 0.